The second-order valence-electron chi connectivity index (χ2n) is 3.75. The van der Waals surface area contributed by atoms with Crippen LogP contribution < -0.4 is 0 Å². The summed E-state index contributed by atoms with van der Waals surface area (Å²) in [5.74, 6) is 1.77. The number of aliphatic hydroxyl groups is 1. The van der Waals surface area contributed by atoms with Crippen molar-refractivity contribution in [3.05, 3.63) is 17.7 Å². The van der Waals surface area contributed by atoms with Crippen LogP contribution in [0.1, 0.15) is 43.1 Å². The molecule has 0 bridgehead atoms. The Bertz CT molecular complexity index is 264. The molecule has 1 aliphatic rings. The molecule has 1 aliphatic carbocycles. The van der Waals surface area contributed by atoms with Crippen LogP contribution in [-0.4, -0.2) is 21.7 Å². The lowest BCUT2D eigenvalue weighted by Gasteiger charge is -2.03. The predicted molar refractivity (Wildman–Crippen MR) is 50.6 cm³/mol. The van der Waals surface area contributed by atoms with Crippen LogP contribution in [0.4, 0.5) is 0 Å². The Balaban J connectivity index is 2.03. The van der Waals surface area contributed by atoms with E-state index in [4.69, 9.17) is 5.11 Å². The number of nitrogens with one attached hydrogen (secondary N) is 1. The summed E-state index contributed by atoms with van der Waals surface area (Å²) in [6, 6.07) is 0. The van der Waals surface area contributed by atoms with Crippen molar-refractivity contribution in [1.82, 2.24) is 9.97 Å². The molecular weight excluding hydrogens is 164 g/mol. The van der Waals surface area contributed by atoms with Gasteiger partial charge in [-0.1, -0.05) is 12.8 Å². The molecule has 3 nitrogen and oxygen atoms in total. The Morgan fingerprint density at radius 1 is 1.46 bits per heavy atom. The molecule has 72 valence electrons. The zero-order valence-electron chi connectivity index (χ0n) is 7.79. The van der Waals surface area contributed by atoms with Crippen molar-refractivity contribution < 1.29 is 5.11 Å². The minimum atomic E-state index is 0.201. The normalized spacial score (nSPS) is 18.2. The molecule has 0 atom stereocenters. The fraction of sp³-hybridized carbons (Fsp3) is 0.700. The third-order valence-corrected chi connectivity index (χ3v) is 2.77. The highest BCUT2D eigenvalue weighted by Gasteiger charge is 2.19. The Hall–Kier alpha value is -0.830. The number of rotatable bonds is 3. The zero-order chi connectivity index (χ0) is 9.10. The number of aliphatic hydroxyl groups excluding tert-OH is 1. The van der Waals surface area contributed by atoms with Gasteiger partial charge in [0.2, 0.25) is 0 Å². The quantitative estimate of drug-likeness (QED) is 0.742. The zero-order valence-corrected chi connectivity index (χ0v) is 7.79. The van der Waals surface area contributed by atoms with Crippen LogP contribution in [0.3, 0.4) is 0 Å². The standard InChI is InChI=1S/C10H16N2O/c13-6-5-9-7-11-10(12-9)8-3-1-2-4-8/h7-8,13H,1-6H2,(H,11,12). The van der Waals surface area contributed by atoms with Crippen LogP contribution in [0.2, 0.25) is 0 Å². The second kappa shape index (κ2) is 3.92. The third-order valence-electron chi connectivity index (χ3n) is 2.77. The monoisotopic (exact) mass is 180 g/mol. The lowest BCUT2D eigenvalue weighted by molar-refractivity contribution is 0.298. The molecule has 3 heteroatoms. The van der Waals surface area contributed by atoms with Crippen molar-refractivity contribution in [3.63, 3.8) is 0 Å². The number of imidazole rings is 1. The lowest BCUT2D eigenvalue weighted by atomic mass is 10.1. The maximum absolute atomic E-state index is 8.75. The van der Waals surface area contributed by atoms with Gasteiger partial charge in [-0.15, -0.1) is 0 Å². The highest BCUT2D eigenvalue weighted by Crippen LogP contribution is 2.32. The van der Waals surface area contributed by atoms with Crippen molar-refractivity contribution in [1.29, 1.82) is 0 Å². The molecule has 0 aliphatic heterocycles. The van der Waals surface area contributed by atoms with Crippen molar-refractivity contribution in [2.45, 2.75) is 38.0 Å². The molecule has 1 fully saturated rings. The Morgan fingerprint density at radius 3 is 2.92 bits per heavy atom. The van der Waals surface area contributed by atoms with E-state index in [1.807, 2.05) is 6.20 Å². The molecule has 1 aromatic rings. The van der Waals surface area contributed by atoms with Crippen molar-refractivity contribution in [2.75, 3.05) is 6.61 Å². The molecule has 0 spiro atoms. The number of hydrogen-bond donors (Lipinski definition) is 2. The van der Waals surface area contributed by atoms with Crippen molar-refractivity contribution in [3.8, 4) is 0 Å². The molecule has 13 heavy (non-hydrogen) atoms. The molecule has 1 saturated carbocycles. The van der Waals surface area contributed by atoms with E-state index in [0.717, 1.165) is 11.5 Å². The topological polar surface area (TPSA) is 48.9 Å². The smallest absolute Gasteiger partial charge is 0.109 e. The number of aromatic nitrogens is 2. The predicted octanol–water partition coefficient (Wildman–Crippen LogP) is 1.60. The molecular formula is C10H16N2O. The molecule has 0 aromatic carbocycles. The van der Waals surface area contributed by atoms with E-state index >= 15 is 0 Å². The SMILES string of the molecule is OCCc1cnc(C2CCCC2)[nH]1. The van der Waals surface area contributed by atoms with Crippen LogP contribution in [-0.2, 0) is 6.42 Å². The van der Waals surface area contributed by atoms with Crippen LogP contribution in [0.25, 0.3) is 0 Å². The minimum Gasteiger partial charge on any atom is -0.396 e. The van der Waals surface area contributed by atoms with Gasteiger partial charge in [-0.3, -0.25) is 0 Å². The average molecular weight is 180 g/mol. The van der Waals surface area contributed by atoms with Crippen molar-refractivity contribution in [2.24, 2.45) is 0 Å². The van der Waals surface area contributed by atoms with Gasteiger partial charge < -0.3 is 10.1 Å². The van der Waals surface area contributed by atoms with Gasteiger partial charge in [-0.05, 0) is 12.8 Å². The van der Waals surface area contributed by atoms with E-state index in [2.05, 4.69) is 9.97 Å². The maximum atomic E-state index is 8.75. The average Bonchev–Trinajstić information content (AvgIpc) is 2.70. The van der Waals surface area contributed by atoms with E-state index < -0.39 is 0 Å². The molecule has 0 unspecified atom stereocenters. The summed E-state index contributed by atoms with van der Waals surface area (Å²) in [4.78, 5) is 7.64. The van der Waals surface area contributed by atoms with Gasteiger partial charge in [0.05, 0.1) is 0 Å². The Labute approximate surface area is 78.2 Å². The van der Waals surface area contributed by atoms with Crippen LogP contribution in [0.5, 0.6) is 0 Å². The first-order valence-corrected chi connectivity index (χ1v) is 5.05. The minimum absolute atomic E-state index is 0.201. The van der Waals surface area contributed by atoms with Crippen molar-refractivity contribution >= 4 is 0 Å². The Kier molecular flexibility index (Phi) is 2.64. The van der Waals surface area contributed by atoms with Crippen LogP contribution in [0, 0.1) is 0 Å². The van der Waals surface area contributed by atoms with Gasteiger partial charge in [0, 0.05) is 30.8 Å². The number of hydrogen-bond acceptors (Lipinski definition) is 2. The number of nitrogens with zero attached hydrogens (tertiary/aromatic N) is 1. The summed E-state index contributed by atoms with van der Waals surface area (Å²) in [6.45, 7) is 0.201. The van der Waals surface area contributed by atoms with Gasteiger partial charge in [-0.2, -0.15) is 0 Å². The third kappa shape index (κ3) is 1.91. The summed E-state index contributed by atoms with van der Waals surface area (Å²) in [5.41, 5.74) is 1.06. The lowest BCUT2D eigenvalue weighted by Crippen LogP contribution is -1.96. The first-order valence-electron chi connectivity index (χ1n) is 5.05. The molecule has 1 aromatic heterocycles. The molecule has 0 amide bonds. The van der Waals surface area contributed by atoms with Gasteiger partial charge in [0.15, 0.2) is 0 Å². The summed E-state index contributed by atoms with van der Waals surface area (Å²) in [7, 11) is 0. The molecule has 0 radical (unpaired) electrons. The molecule has 1 heterocycles. The van der Waals surface area contributed by atoms with Gasteiger partial charge in [-0.25, -0.2) is 4.98 Å². The maximum Gasteiger partial charge on any atom is 0.109 e. The first kappa shape index (κ1) is 8.75. The largest absolute Gasteiger partial charge is 0.396 e. The summed E-state index contributed by atoms with van der Waals surface area (Å²) < 4.78 is 0. The Morgan fingerprint density at radius 2 is 2.23 bits per heavy atom. The summed E-state index contributed by atoms with van der Waals surface area (Å²) in [6.07, 6.45) is 7.75. The summed E-state index contributed by atoms with van der Waals surface area (Å²) in [5, 5.41) is 8.75. The summed E-state index contributed by atoms with van der Waals surface area (Å²) >= 11 is 0. The van der Waals surface area contributed by atoms with E-state index in [9.17, 15) is 0 Å². The highest BCUT2D eigenvalue weighted by molar-refractivity contribution is 5.06. The highest BCUT2D eigenvalue weighted by atomic mass is 16.3. The fourth-order valence-electron chi connectivity index (χ4n) is 2.03. The number of H-pyrrole nitrogens is 1. The van der Waals surface area contributed by atoms with E-state index in [1.165, 1.54) is 25.7 Å². The molecule has 2 N–H and O–H groups in total. The van der Waals surface area contributed by atoms with Crippen LogP contribution >= 0.6 is 0 Å². The number of aromatic amines is 1. The van der Waals surface area contributed by atoms with E-state index in [-0.39, 0.29) is 6.61 Å². The molecule has 2 rings (SSSR count). The first-order chi connectivity index (χ1) is 6.40. The second-order valence-corrected chi connectivity index (χ2v) is 3.75. The van der Waals surface area contributed by atoms with Gasteiger partial charge >= 0.3 is 0 Å². The fourth-order valence-corrected chi connectivity index (χ4v) is 2.03. The molecule has 0 saturated heterocycles. The van der Waals surface area contributed by atoms with Gasteiger partial charge in [0.25, 0.3) is 0 Å². The van der Waals surface area contributed by atoms with E-state index in [0.29, 0.717) is 12.3 Å². The van der Waals surface area contributed by atoms with Gasteiger partial charge in [0.1, 0.15) is 5.82 Å². The van der Waals surface area contributed by atoms with Crippen LogP contribution in [0.15, 0.2) is 6.20 Å². The van der Waals surface area contributed by atoms with E-state index in [1.54, 1.807) is 0 Å².